The van der Waals surface area contributed by atoms with Crippen molar-refractivity contribution < 1.29 is 9.53 Å². The summed E-state index contributed by atoms with van der Waals surface area (Å²) in [6.45, 7) is 10.9. The van der Waals surface area contributed by atoms with Crippen LogP contribution in [0.25, 0.3) is 11.5 Å². The third-order valence-corrected chi connectivity index (χ3v) is 5.45. The molecule has 2 heterocycles. The molecule has 0 saturated heterocycles. The third kappa shape index (κ3) is 6.48. The molecule has 2 aromatic rings. The molecule has 0 radical (unpaired) electrons. The molecule has 1 aliphatic rings. The number of hydrogen-bond donors (Lipinski definition) is 0. The molecule has 3 rings (SSSR count). The van der Waals surface area contributed by atoms with Gasteiger partial charge in [0.05, 0.1) is 6.54 Å². The first-order valence-electron chi connectivity index (χ1n) is 11.6. The topological polar surface area (TPSA) is 71.5 Å². The maximum Gasteiger partial charge on any atom is 0.180 e. The van der Waals surface area contributed by atoms with Crippen molar-refractivity contribution in [3.05, 3.63) is 29.6 Å². The minimum atomic E-state index is -0.0216. The fourth-order valence-electron chi connectivity index (χ4n) is 3.95. The molecule has 32 heavy (non-hydrogen) atoms. The Bertz CT molecular complexity index is 936. The number of ether oxygens (including phenoxy) is 1. The van der Waals surface area contributed by atoms with E-state index in [0.717, 1.165) is 49.6 Å². The van der Waals surface area contributed by atoms with Crippen molar-refractivity contribution in [2.24, 2.45) is 5.41 Å². The summed E-state index contributed by atoms with van der Waals surface area (Å²) in [5.74, 6) is 2.48. The summed E-state index contributed by atoms with van der Waals surface area (Å²) in [7, 11) is 4.04. The molecule has 0 unspecified atom stereocenters. The third-order valence-electron chi connectivity index (χ3n) is 5.45. The normalized spacial score (nSPS) is 13.3. The number of hydrogen-bond acceptors (Lipinski definition) is 7. The van der Waals surface area contributed by atoms with E-state index in [2.05, 4.69) is 42.5 Å². The van der Waals surface area contributed by atoms with E-state index in [1.165, 1.54) is 5.56 Å². The second-order valence-corrected chi connectivity index (χ2v) is 9.97. The number of likely N-dealkylation sites (N-methyl/N-ethyl adjacent to an activating group) is 2. The Balaban J connectivity index is 1.88. The molecule has 0 aromatic carbocycles. The van der Waals surface area contributed by atoms with Crippen molar-refractivity contribution in [1.29, 1.82) is 0 Å². The largest absolute Gasteiger partial charge is 0.492 e. The molecule has 0 spiro atoms. The molecule has 0 amide bonds. The predicted octanol–water partition coefficient (Wildman–Crippen LogP) is 3.80. The van der Waals surface area contributed by atoms with Crippen LogP contribution in [0.1, 0.15) is 51.8 Å². The summed E-state index contributed by atoms with van der Waals surface area (Å²) in [4.78, 5) is 31.2. The van der Waals surface area contributed by atoms with E-state index >= 15 is 0 Å². The Morgan fingerprint density at radius 2 is 1.97 bits per heavy atom. The van der Waals surface area contributed by atoms with Gasteiger partial charge in [-0.1, -0.05) is 20.8 Å². The van der Waals surface area contributed by atoms with Crippen molar-refractivity contribution in [2.45, 2.75) is 53.4 Å². The van der Waals surface area contributed by atoms with E-state index in [4.69, 9.17) is 14.7 Å². The van der Waals surface area contributed by atoms with Gasteiger partial charge < -0.3 is 14.5 Å². The Hall–Kier alpha value is -2.54. The molecule has 0 saturated carbocycles. The van der Waals surface area contributed by atoms with Crippen molar-refractivity contribution in [1.82, 2.24) is 19.9 Å². The van der Waals surface area contributed by atoms with Crippen LogP contribution in [0.5, 0.6) is 5.75 Å². The maximum absolute atomic E-state index is 12.7. The van der Waals surface area contributed by atoms with Crippen LogP contribution in [0, 0.1) is 5.41 Å². The van der Waals surface area contributed by atoms with Crippen LogP contribution >= 0.6 is 0 Å². The molecular weight excluding hydrogens is 402 g/mol. The number of aromatic nitrogens is 3. The lowest BCUT2D eigenvalue weighted by atomic mass is 9.90. The summed E-state index contributed by atoms with van der Waals surface area (Å²) >= 11 is 0. The van der Waals surface area contributed by atoms with Gasteiger partial charge in [-0.05, 0) is 51.8 Å². The quantitative estimate of drug-likeness (QED) is 0.558. The minimum Gasteiger partial charge on any atom is -0.492 e. The number of aryl methyl sites for hydroxylation is 1. The predicted molar refractivity (Wildman–Crippen MR) is 128 cm³/mol. The van der Waals surface area contributed by atoms with Crippen molar-refractivity contribution in [2.75, 3.05) is 45.2 Å². The van der Waals surface area contributed by atoms with E-state index < -0.39 is 0 Å². The molecule has 7 nitrogen and oxygen atoms in total. The first-order valence-corrected chi connectivity index (χ1v) is 11.6. The van der Waals surface area contributed by atoms with E-state index in [0.29, 0.717) is 31.1 Å². The SMILES string of the molecule is CCN(CC(=O)CC(C)(C)C)c1nc(-c2cc(OCCN(C)C)ccn2)nc2c1CCC2. The molecule has 174 valence electrons. The summed E-state index contributed by atoms with van der Waals surface area (Å²) in [5.41, 5.74) is 2.93. The average molecular weight is 440 g/mol. The second kappa shape index (κ2) is 10.4. The number of carbonyl (C=O) groups is 1. The number of nitrogens with zero attached hydrogens (tertiary/aromatic N) is 5. The lowest BCUT2D eigenvalue weighted by Gasteiger charge is -2.26. The Labute approximate surface area is 192 Å². The van der Waals surface area contributed by atoms with Gasteiger partial charge in [0.1, 0.15) is 23.9 Å². The van der Waals surface area contributed by atoms with Gasteiger partial charge in [0.25, 0.3) is 0 Å². The van der Waals surface area contributed by atoms with Crippen LogP contribution < -0.4 is 9.64 Å². The first-order chi connectivity index (χ1) is 15.2. The number of ketones is 1. The fourth-order valence-corrected chi connectivity index (χ4v) is 3.95. The van der Waals surface area contributed by atoms with Crippen LogP contribution in [0.3, 0.4) is 0 Å². The van der Waals surface area contributed by atoms with Crippen LogP contribution in [0.15, 0.2) is 18.3 Å². The second-order valence-electron chi connectivity index (χ2n) is 9.97. The zero-order valence-corrected chi connectivity index (χ0v) is 20.4. The van der Waals surface area contributed by atoms with Crippen molar-refractivity contribution >= 4 is 11.6 Å². The summed E-state index contributed by atoms with van der Waals surface area (Å²) in [6, 6.07) is 3.76. The molecule has 2 aromatic heterocycles. The van der Waals surface area contributed by atoms with E-state index in [9.17, 15) is 4.79 Å². The van der Waals surface area contributed by atoms with Gasteiger partial charge in [0.2, 0.25) is 0 Å². The van der Waals surface area contributed by atoms with Crippen LogP contribution in [0.4, 0.5) is 5.82 Å². The highest BCUT2D eigenvalue weighted by Crippen LogP contribution is 2.32. The van der Waals surface area contributed by atoms with Gasteiger partial charge in [-0.25, -0.2) is 9.97 Å². The van der Waals surface area contributed by atoms with Crippen LogP contribution in [-0.4, -0.2) is 66.0 Å². The number of Topliss-reactive ketones (excluding diaryl/α,β-unsaturated/α-hetero) is 1. The average Bonchev–Trinajstić information content (AvgIpc) is 3.19. The molecule has 0 aliphatic heterocycles. The Kier molecular flexibility index (Phi) is 7.82. The number of pyridine rings is 1. The van der Waals surface area contributed by atoms with E-state index in [-0.39, 0.29) is 11.2 Å². The monoisotopic (exact) mass is 439 g/mol. The summed E-state index contributed by atoms with van der Waals surface area (Å²) in [5, 5.41) is 0. The van der Waals surface area contributed by atoms with Gasteiger partial charge in [-0.3, -0.25) is 9.78 Å². The fraction of sp³-hybridized carbons (Fsp3) is 0.600. The number of carbonyl (C=O) groups excluding carboxylic acids is 1. The Morgan fingerprint density at radius 1 is 1.19 bits per heavy atom. The number of fused-ring (bicyclic) bond motifs is 1. The van der Waals surface area contributed by atoms with Crippen LogP contribution in [-0.2, 0) is 17.6 Å². The highest BCUT2D eigenvalue weighted by molar-refractivity contribution is 5.84. The molecule has 7 heteroatoms. The Morgan fingerprint density at radius 3 is 2.66 bits per heavy atom. The van der Waals surface area contributed by atoms with Gasteiger partial charge in [-0.15, -0.1) is 0 Å². The molecule has 0 atom stereocenters. The number of rotatable bonds is 10. The van der Waals surface area contributed by atoms with Gasteiger partial charge in [0, 0.05) is 43.0 Å². The highest BCUT2D eigenvalue weighted by atomic mass is 16.5. The lowest BCUT2D eigenvalue weighted by Crippen LogP contribution is -2.33. The smallest absolute Gasteiger partial charge is 0.180 e. The first kappa shape index (κ1) is 24.1. The molecule has 0 bridgehead atoms. The van der Waals surface area contributed by atoms with Crippen molar-refractivity contribution in [3.8, 4) is 17.3 Å². The molecule has 0 N–H and O–H groups in total. The molecule has 0 fully saturated rings. The lowest BCUT2D eigenvalue weighted by molar-refractivity contribution is -0.119. The maximum atomic E-state index is 12.7. The van der Waals surface area contributed by atoms with Gasteiger partial charge in [-0.2, -0.15) is 0 Å². The van der Waals surface area contributed by atoms with Crippen molar-refractivity contribution in [3.63, 3.8) is 0 Å². The zero-order valence-electron chi connectivity index (χ0n) is 20.4. The van der Waals surface area contributed by atoms with E-state index in [1.807, 2.05) is 26.2 Å². The molecular formula is C25H37N5O2. The minimum absolute atomic E-state index is 0.0216. The number of anilines is 1. The van der Waals surface area contributed by atoms with Gasteiger partial charge >= 0.3 is 0 Å². The van der Waals surface area contributed by atoms with E-state index in [1.54, 1.807) is 6.20 Å². The zero-order chi connectivity index (χ0) is 23.3. The highest BCUT2D eigenvalue weighted by Gasteiger charge is 2.25. The van der Waals surface area contributed by atoms with Crippen LogP contribution in [0.2, 0.25) is 0 Å². The summed E-state index contributed by atoms with van der Waals surface area (Å²) in [6.07, 6.45) is 5.24. The standard InChI is InChI=1S/C25H37N5O2/c1-7-30(17-18(31)16-25(2,3)4)24-20-9-8-10-21(20)27-23(28-24)22-15-19(11-12-26-22)32-14-13-29(5)6/h11-12,15H,7-10,13-14,16-17H2,1-6H3. The molecule has 1 aliphatic carbocycles. The van der Waals surface area contributed by atoms with Gasteiger partial charge in [0.15, 0.2) is 11.6 Å². The summed E-state index contributed by atoms with van der Waals surface area (Å²) < 4.78 is 5.88.